The second kappa shape index (κ2) is 6.50. The third-order valence-corrected chi connectivity index (χ3v) is 4.25. The molecule has 4 heteroatoms. The minimum atomic E-state index is -0.241. The maximum Gasteiger partial charge on any atom is 0.241 e. The Labute approximate surface area is 136 Å². The molecule has 0 fully saturated rings. The van der Waals surface area contributed by atoms with Crippen LogP contribution in [0.3, 0.4) is 0 Å². The van der Waals surface area contributed by atoms with Gasteiger partial charge in [0.25, 0.3) is 0 Å². The lowest BCUT2D eigenvalue weighted by Gasteiger charge is -2.25. The maximum atomic E-state index is 12.9. The Kier molecular flexibility index (Phi) is 4.44. The molecule has 0 aromatic heterocycles. The molecule has 0 radical (unpaired) electrons. The van der Waals surface area contributed by atoms with Crippen molar-refractivity contribution in [2.24, 2.45) is 0 Å². The van der Waals surface area contributed by atoms with Crippen LogP contribution in [0.25, 0.3) is 0 Å². The van der Waals surface area contributed by atoms with Gasteiger partial charge in [-0.15, -0.1) is 0 Å². The molecule has 1 atom stereocenters. The number of halogens is 1. The van der Waals surface area contributed by atoms with Gasteiger partial charge in [-0.2, -0.15) is 0 Å². The van der Waals surface area contributed by atoms with Crippen molar-refractivity contribution in [3.05, 3.63) is 65.5 Å². The molecule has 0 N–H and O–H groups in total. The van der Waals surface area contributed by atoms with Crippen LogP contribution < -0.4 is 4.90 Å². The topological polar surface area (TPSA) is 23.6 Å². The van der Waals surface area contributed by atoms with Crippen LogP contribution in [0.2, 0.25) is 0 Å². The molecule has 0 bridgehead atoms. The summed E-state index contributed by atoms with van der Waals surface area (Å²) in [6.45, 7) is 3.05. The Bertz CT molecular complexity index is 699. The second-order valence-corrected chi connectivity index (χ2v) is 6.24. The SMILES string of the molecule is CC1Cc2ccccc2N1C(=O)CN(C)Cc1ccc(F)cc1. The number of hydrogen-bond acceptors (Lipinski definition) is 2. The van der Waals surface area contributed by atoms with Gasteiger partial charge >= 0.3 is 0 Å². The fourth-order valence-electron chi connectivity index (χ4n) is 3.21. The summed E-state index contributed by atoms with van der Waals surface area (Å²) in [6, 6.07) is 14.7. The molecule has 2 aromatic carbocycles. The van der Waals surface area contributed by atoms with Crippen LogP contribution in [-0.2, 0) is 17.8 Å². The van der Waals surface area contributed by atoms with Crippen molar-refractivity contribution in [3.8, 4) is 0 Å². The summed E-state index contributed by atoms with van der Waals surface area (Å²) in [5.74, 6) is -0.137. The van der Waals surface area contributed by atoms with Crippen LogP contribution in [0, 0.1) is 5.82 Å². The summed E-state index contributed by atoms with van der Waals surface area (Å²) in [5, 5.41) is 0. The number of carbonyl (C=O) groups is 1. The number of benzene rings is 2. The first-order chi connectivity index (χ1) is 11.0. The second-order valence-electron chi connectivity index (χ2n) is 6.24. The molecule has 0 aliphatic carbocycles. The summed E-state index contributed by atoms with van der Waals surface area (Å²) in [6.07, 6.45) is 0.906. The highest BCUT2D eigenvalue weighted by Crippen LogP contribution is 2.31. The highest BCUT2D eigenvalue weighted by molar-refractivity contribution is 5.97. The number of para-hydroxylation sites is 1. The standard InChI is InChI=1S/C19H21FN2O/c1-14-11-16-5-3-4-6-18(16)22(14)19(23)13-21(2)12-15-7-9-17(20)10-8-15/h3-10,14H,11-13H2,1-2H3. The van der Waals surface area contributed by atoms with Gasteiger partial charge < -0.3 is 4.90 Å². The van der Waals surface area contributed by atoms with Crippen LogP contribution in [0.1, 0.15) is 18.1 Å². The summed E-state index contributed by atoms with van der Waals surface area (Å²) in [4.78, 5) is 16.6. The van der Waals surface area contributed by atoms with Crippen molar-refractivity contribution in [1.29, 1.82) is 0 Å². The van der Waals surface area contributed by atoms with Crippen molar-refractivity contribution in [1.82, 2.24) is 4.90 Å². The van der Waals surface area contributed by atoms with Crippen LogP contribution in [0.15, 0.2) is 48.5 Å². The van der Waals surface area contributed by atoms with Crippen LogP contribution in [0.4, 0.5) is 10.1 Å². The lowest BCUT2D eigenvalue weighted by molar-refractivity contribution is -0.119. The van der Waals surface area contributed by atoms with Crippen molar-refractivity contribution >= 4 is 11.6 Å². The Balaban J connectivity index is 1.66. The average Bonchev–Trinajstić information content (AvgIpc) is 2.85. The zero-order valence-electron chi connectivity index (χ0n) is 13.5. The van der Waals surface area contributed by atoms with E-state index in [4.69, 9.17) is 0 Å². The van der Waals surface area contributed by atoms with Crippen molar-refractivity contribution in [2.45, 2.75) is 25.9 Å². The lowest BCUT2D eigenvalue weighted by Crippen LogP contribution is -2.41. The van der Waals surface area contributed by atoms with Gasteiger partial charge in [0.15, 0.2) is 0 Å². The molecular formula is C19H21FN2O. The molecule has 1 aliphatic heterocycles. The third-order valence-electron chi connectivity index (χ3n) is 4.25. The van der Waals surface area contributed by atoms with Gasteiger partial charge in [0.2, 0.25) is 5.91 Å². The predicted octanol–water partition coefficient (Wildman–Crippen LogP) is 3.24. The van der Waals surface area contributed by atoms with E-state index in [-0.39, 0.29) is 17.8 Å². The van der Waals surface area contributed by atoms with Gasteiger partial charge in [-0.1, -0.05) is 30.3 Å². The lowest BCUT2D eigenvalue weighted by atomic mass is 10.1. The third kappa shape index (κ3) is 3.42. The molecule has 23 heavy (non-hydrogen) atoms. The van der Waals surface area contributed by atoms with E-state index in [1.807, 2.05) is 35.0 Å². The number of rotatable bonds is 4. The minimum Gasteiger partial charge on any atom is -0.308 e. The molecule has 0 saturated heterocycles. The minimum absolute atomic E-state index is 0.104. The molecule has 1 amide bonds. The number of anilines is 1. The molecule has 2 aromatic rings. The highest BCUT2D eigenvalue weighted by Gasteiger charge is 2.30. The van der Waals surface area contributed by atoms with E-state index in [0.717, 1.165) is 17.7 Å². The molecule has 0 saturated carbocycles. The monoisotopic (exact) mass is 312 g/mol. The Morgan fingerprint density at radius 1 is 1.22 bits per heavy atom. The van der Waals surface area contributed by atoms with E-state index in [1.165, 1.54) is 17.7 Å². The summed E-state index contributed by atoms with van der Waals surface area (Å²) < 4.78 is 12.9. The quantitative estimate of drug-likeness (QED) is 0.865. The first-order valence-electron chi connectivity index (χ1n) is 7.87. The molecule has 3 rings (SSSR count). The number of amides is 1. The highest BCUT2D eigenvalue weighted by atomic mass is 19.1. The molecular weight excluding hydrogens is 291 g/mol. The number of carbonyl (C=O) groups excluding carboxylic acids is 1. The van der Waals surface area contributed by atoms with Crippen LogP contribution in [0.5, 0.6) is 0 Å². The zero-order valence-corrected chi connectivity index (χ0v) is 13.5. The number of likely N-dealkylation sites (N-methyl/N-ethyl adjacent to an activating group) is 1. The number of nitrogens with zero attached hydrogens (tertiary/aromatic N) is 2. The predicted molar refractivity (Wildman–Crippen MR) is 89.8 cm³/mol. The van der Waals surface area contributed by atoms with Gasteiger partial charge in [-0.05, 0) is 49.7 Å². The summed E-state index contributed by atoms with van der Waals surface area (Å²) in [5.41, 5.74) is 3.26. The Morgan fingerprint density at radius 2 is 1.91 bits per heavy atom. The summed E-state index contributed by atoms with van der Waals surface area (Å²) in [7, 11) is 1.91. The first-order valence-corrected chi connectivity index (χ1v) is 7.87. The molecule has 3 nitrogen and oxygen atoms in total. The molecule has 1 aliphatic rings. The zero-order chi connectivity index (χ0) is 16.4. The van der Waals surface area contributed by atoms with Crippen LogP contribution >= 0.6 is 0 Å². The molecule has 1 heterocycles. The van der Waals surface area contributed by atoms with E-state index >= 15 is 0 Å². The van der Waals surface area contributed by atoms with E-state index in [2.05, 4.69) is 13.0 Å². The smallest absolute Gasteiger partial charge is 0.241 e. The molecule has 120 valence electrons. The normalized spacial score (nSPS) is 16.7. The van der Waals surface area contributed by atoms with Gasteiger partial charge in [0.1, 0.15) is 5.82 Å². The fourth-order valence-corrected chi connectivity index (χ4v) is 3.21. The number of fused-ring (bicyclic) bond motifs is 1. The largest absolute Gasteiger partial charge is 0.308 e. The Morgan fingerprint density at radius 3 is 2.65 bits per heavy atom. The van der Waals surface area contributed by atoms with E-state index in [0.29, 0.717) is 13.1 Å². The first kappa shape index (κ1) is 15.7. The van der Waals surface area contributed by atoms with Crippen molar-refractivity contribution < 1.29 is 9.18 Å². The van der Waals surface area contributed by atoms with E-state index < -0.39 is 0 Å². The van der Waals surface area contributed by atoms with Gasteiger partial charge in [-0.3, -0.25) is 9.69 Å². The van der Waals surface area contributed by atoms with E-state index in [1.54, 1.807) is 12.1 Å². The fraction of sp³-hybridized carbons (Fsp3) is 0.316. The van der Waals surface area contributed by atoms with Gasteiger partial charge in [-0.25, -0.2) is 4.39 Å². The van der Waals surface area contributed by atoms with E-state index in [9.17, 15) is 9.18 Å². The van der Waals surface area contributed by atoms with Gasteiger partial charge in [0, 0.05) is 18.3 Å². The van der Waals surface area contributed by atoms with Gasteiger partial charge in [0.05, 0.1) is 6.54 Å². The molecule has 1 unspecified atom stereocenters. The summed E-state index contributed by atoms with van der Waals surface area (Å²) >= 11 is 0. The Hall–Kier alpha value is -2.20. The van der Waals surface area contributed by atoms with Crippen LogP contribution in [-0.4, -0.2) is 30.4 Å². The number of hydrogen-bond donors (Lipinski definition) is 0. The van der Waals surface area contributed by atoms with Crippen molar-refractivity contribution in [3.63, 3.8) is 0 Å². The van der Waals surface area contributed by atoms with Crippen molar-refractivity contribution in [2.75, 3.05) is 18.5 Å². The molecule has 0 spiro atoms. The maximum absolute atomic E-state index is 12.9. The average molecular weight is 312 g/mol.